The Morgan fingerprint density at radius 2 is 1.48 bits per heavy atom. The van der Waals surface area contributed by atoms with Crippen molar-refractivity contribution in [2.45, 2.75) is 11.8 Å². The number of rotatable bonds is 4. The van der Waals surface area contributed by atoms with Crippen LogP contribution in [0.5, 0.6) is 0 Å². The van der Waals surface area contributed by atoms with Crippen molar-refractivity contribution in [3.63, 3.8) is 0 Å². The highest BCUT2D eigenvalue weighted by atomic mass is 35.5. The first kappa shape index (κ1) is 19.8. The molecule has 3 aromatic rings. The molecule has 0 amide bonds. The first-order chi connectivity index (χ1) is 13.9. The van der Waals surface area contributed by atoms with Gasteiger partial charge in [-0.15, -0.1) is 10.2 Å². The van der Waals surface area contributed by atoms with E-state index in [9.17, 15) is 8.42 Å². The Balaban J connectivity index is 1.43. The van der Waals surface area contributed by atoms with Gasteiger partial charge in [0, 0.05) is 36.8 Å². The van der Waals surface area contributed by atoms with Gasteiger partial charge in [0.15, 0.2) is 5.82 Å². The molecule has 6 nitrogen and oxygen atoms in total. The van der Waals surface area contributed by atoms with Gasteiger partial charge in [-0.25, -0.2) is 8.42 Å². The zero-order valence-corrected chi connectivity index (χ0v) is 17.6. The monoisotopic (exact) mass is 428 g/mol. The molecular formula is C21H21ClN4O2S. The normalized spacial score (nSPS) is 15.4. The van der Waals surface area contributed by atoms with Crippen molar-refractivity contribution < 1.29 is 8.42 Å². The van der Waals surface area contributed by atoms with Crippen molar-refractivity contribution in [2.24, 2.45) is 0 Å². The van der Waals surface area contributed by atoms with Gasteiger partial charge in [0.05, 0.1) is 10.6 Å². The van der Waals surface area contributed by atoms with Crippen LogP contribution in [0.25, 0.3) is 11.3 Å². The maximum atomic E-state index is 12.8. The summed E-state index contributed by atoms with van der Waals surface area (Å²) in [5, 5.41) is 9.21. The third kappa shape index (κ3) is 4.27. The number of halogens is 1. The summed E-state index contributed by atoms with van der Waals surface area (Å²) in [5.74, 6) is 0.754. The number of benzene rings is 2. The lowest BCUT2D eigenvalue weighted by molar-refractivity contribution is 0.383. The second kappa shape index (κ2) is 8.10. The van der Waals surface area contributed by atoms with Crippen LogP contribution in [0, 0.1) is 6.92 Å². The number of hydrogen-bond acceptors (Lipinski definition) is 5. The zero-order chi connectivity index (χ0) is 20.4. The average Bonchev–Trinajstić information content (AvgIpc) is 2.75. The van der Waals surface area contributed by atoms with Gasteiger partial charge < -0.3 is 4.90 Å². The quantitative estimate of drug-likeness (QED) is 0.635. The lowest BCUT2D eigenvalue weighted by Crippen LogP contribution is -2.48. The van der Waals surface area contributed by atoms with E-state index in [-0.39, 0.29) is 4.90 Å². The van der Waals surface area contributed by atoms with Crippen molar-refractivity contribution in [3.05, 3.63) is 71.2 Å². The number of nitrogens with zero attached hydrogens (tertiary/aromatic N) is 4. The van der Waals surface area contributed by atoms with Crippen molar-refractivity contribution in [2.75, 3.05) is 31.1 Å². The number of piperazine rings is 1. The van der Waals surface area contributed by atoms with Crippen LogP contribution in [0.2, 0.25) is 5.02 Å². The fourth-order valence-corrected chi connectivity index (χ4v) is 4.83. The van der Waals surface area contributed by atoms with Gasteiger partial charge in [-0.05, 0) is 43.3 Å². The van der Waals surface area contributed by atoms with E-state index in [0.717, 1.165) is 17.1 Å². The molecule has 0 atom stereocenters. The van der Waals surface area contributed by atoms with Crippen LogP contribution < -0.4 is 4.90 Å². The first-order valence-electron chi connectivity index (χ1n) is 9.35. The molecule has 2 heterocycles. The Kier molecular flexibility index (Phi) is 5.54. The largest absolute Gasteiger partial charge is 0.352 e. The molecule has 0 spiro atoms. The fraction of sp³-hybridized carbons (Fsp3) is 0.238. The Morgan fingerprint density at radius 3 is 2.07 bits per heavy atom. The SMILES string of the molecule is Cc1ccc(-c2ccc(N3CCN(S(=O)(=O)c4ccc(Cl)cc4)CC3)nn2)cc1. The summed E-state index contributed by atoms with van der Waals surface area (Å²) in [6, 6.07) is 18.3. The Morgan fingerprint density at radius 1 is 0.828 bits per heavy atom. The van der Waals surface area contributed by atoms with Crippen LogP contribution in [0.1, 0.15) is 5.56 Å². The van der Waals surface area contributed by atoms with Gasteiger partial charge in [0.1, 0.15) is 0 Å². The van der Waals surface area contributed by atoms with Crippen LogP contribution in [0.15, 0.2) is 65.6 Å². The van der Waals surface area contributed by atoms with Crippen molar-refractivity contribution in [1.29, 1.82) is 0 Å². The summed E-state index contributed by atoms with van der Waals surface area (Å²) in [5.41, 5.74) is 3.04. The third-order valence-corrected chi connectivity index (χ3v) is 7.18. The Labute approximate surface area is 175 Å². The molecule has 150 valence electrons. The predicted molar refractivity (Wildman–Crippen MR) is 115 cm³/mol. The van der Waals surface area contributed by atoms with E-state index >= 15 is 0 Å². The lowest BCUT2D eigenvalue weighted by atomic mass is 10.1. The highest BCUT2D eigenvalue weighted by molar-refractivity contribution is 7.89. The van der Waals surface area contributed by atoms with Gasteiger partial charge in [-0.1, -0.05) is 41.4 Å². The van der Waals surface area contributed by atoms with Crippen LogP contribution in [-0.2, 0) is 10.0 Å². The third-order valence-electron chi connectivity index (χ3n) is 5.01. The minimum absolute atomic E-state index is 0.262. The van der Waals surface area contributed by atoms with E-state index in [1.54, 1.807) is 24.3 Å². The minimum Gasteiger partial charge on any atom is -0.352 e. The van der Waals surface area contributed by atoms with Gasteiger partial charge in [0.2, 0.25) is 10.0 Å². The van der Waals surface area contributed by atoms with E-state index in [2.05, 4.69) is 15.1 Å². The zero-order valence-electron chi connectivity index (χ0n) is 16.0. The molecule has 1 aliphatic heterocycles. The molecule has 0 N–H and O–H groups in total. The lowest BCUT2D eigenvalue weighted by Gasteiger charge is -2.34. The van der Waals surface area contributed by atoms with Gasteiger partial charge in [0.25, 0.3) is 0 Å². The van der Waals surface area contributed by atoms with E-state index in [1.807, 2.05) is 43.3 Å². The minimum atomic E-state index is -3.52. The molecule has 1 aliphatic rings. The maximum Gasteiger partial charge on any atom is 0.243 e. The topological polar surface area (TPSA) is 66.4 Å². The summed E-state index contributed by atoms with van der Waals surface area (Å²) >= 11 is 5.86. The maximum absolute atomic E-state index is 12.8. The number of sulfonamides is 1. The molecule has 2 aromatic carbocycles. The smallest absolute Gasteiger partial charge is 0.243 e. The molecule has 29 heavy (non-hydrogen) atoms. The van der Waals surface area contributed by atoms with Gasteiger partial charge in [-0.3, -0.25) is 0 Å². The Bertz CT molecular complexity index is 1080. The molecule has 0 unspecified atom stereocenters. The molecule has 1 fully saturated rings. The van der Waals surface area contributed by atoms with Crippen molar-refractivity contribution >= 4 is 27.4 Å². The number of aromatic nitrogens is 2. The van der Waals surface area contributed by atoms with Gasteiger partial charge in [-0.2, -0.15) is 4.31 Å². The van der Waals surface area contributed by atoms with Crippen LogP contribution in [0.4, 0.5) is 5.82 Å². The molecule has 0 bridgehead atoms. The standard InChI is InChI=1S/C21H21ClN4O2S/c1-16-2-4-17(5-3-16)20-10-11-21(24-23-20)25-12-14-26(15-13-25)29(27,28)19-8-6-18(22)7-9-19/h2-11H,12-15H2,1H3. The van der Waals surface area contributed by atoms with Crippen LogP contribution >= 0.6 is 11.6 Å². The molecule has 4 rings (SSSR count). The summed E-state index contributed by atoms with van der Waals surface area (Å²) in [6.07, 6.45) is 0. The molecule has 1 aromatic heterocycles. The van der Waals surface area contributed by atoms with Crippen LogP contribution in [-0.4, -0.2) is 49.1 Å². The number of hydrogen-bond donors (Lipinski definition) is 0. The van der Waals surface area contributed by atoms with E-state index in [0.29, 0.717) is 31.2 Å². The molecular weight excluding hydrogens is 408 g/mol. The predicted octanol–water partition coefficient (Wildman–Crippen LogP) is 3.62. The highest BCUT2D eigenvalue weighted by Crippen LogP contribution is 2.23. The van der Waals surface area contributed by atoms with E-state index < -0.39 is 10.0 Å². The second-order valence-corrected chi connectivity index (χ2v) is 9.36. The second-order valence-electron chi connectivity index (χ2n) is 6.99. The molecule has 0 aliphatic carbocycles. The van der Waals surface area contributed by atoms with Crippen LogP contribution in [0.3, 0.4) is 0 Å². The molecule has 0 radical (unpaired) electrons. The fourth-order valence-electron chi connectivity index (χ4n) is 3.29. The van der Waals surface area contributed by atoms with Crippen molar-refractivity contribution in [1.82, 2.24) is 14.5 Å². The summed E-state index contributed by atoms with van der Waals surface area (Å²) < 4.78 is 27.1. The highest BCUT2D eigenvalue weighted by Gasteiger charge is 2.29. The van der Waals surface area contributed by atoms with Crippen molar-refractivity contribution in [3.8, 4) is 11.3 Å². The molecule has 8 heteroatoms. The molecule has 0 saturated carbocycles. The average molecular weight is 429 g/mol. The first-order valence-corrected chi connectivity index (χ1v) is 11.2. The van der Waals surface area contributed by atoms with E-state index in [4.69, 9.17) is 11.6 Å². The number of aryl methyl sites for hydroxylation is 1. The molecule has 1 saturated heterocycles. The summed E-state index contributed by atoms with van der Waals surface area (Å²) in [6.45, 7) is 3.96. The summed E-state index contributed by atoms with van der Waals surface area (Å²) in [4.78, 5) is 2.32. The summed E-state index contributed by atoms with van der Waals surface area (Å²) in [7, 11) is -3.52. The van der Waals surface area contributed by atoms with E-state index in [1.165, 1.54) is 9.87 Å². The Hall–Kier alpha value is -2.48. The number of anilines is 1. The van der Waals surface area contributed by atoms with Gasteiger partial charge >= 0.3 is 0 Å².